The molecule has 0 amide bonds. The number of rotatable bonds is 12. The van der Waals surface area contributed by atoms with E-state index in [9.17, 15) is 0 Å². The van der Waals surface area contributed by atoms with Gasteiger partial charge in [-0.3, -0.25) is 0 Å². The number of hydrogen-bond donors (Lipinski definition) is 0. The Balaban J connectivity index is 1.13. The highest BCUT2D eigenvalue weighted by Crippen LogP contribution is 2.36. The van der Waals surface area contributed by atoms with Crippen molar-refractivity contribution in [1.82, 2.24) is 0 Å². The standard InChI is InChI=1S/C57H44O2/c1-41-15-11-19-46(29-41)50-33-44(35-52(37-50)48-21-13-27-56(39-48)58-54-23-7-3-8-24-54)31-45-34-51(47-20-12-18-43(32-47)30-42-16-5-2-6-17-42)38-53(36-45)49-22-14-28-57(40-49)59-55-25-9-4-10-26-55/h2-29,32-40H,30-31H2,1H3. The number of para-hydroxylation sites is 2. The molecular formula is C57H44O2. The molecule has 0 fully saturated rings. The van der Waals surface area contributed by atoms with Gasteiger partial charge < -0.3 is 9.47 Å². The van der Waals surface area contributed by atoms with Gasteiger partial charge in [-0.2, -0.15) is 0 Å². The molecule has 0 aliphatic rings. The van der Waals surface area contributed by atoms with Crippen molar-refractivity contribution in [3.05, 3.63) is 252 Å². The Labute approximate surface area is 347 Å². The zero-order valence-electron chi connectivity index (χ0n) is 33.1. The quantitative estimate of drug-likeness (QED) is 0.123. The number of benzene rings is 9. The molecule has 284 valence electrons. The fraction of sp³-hybridized carbons (Fsp3) is 0.0526. The molecule has 0 saturated carbocycles. The van der Waals surface area contributed by atoms with Gasteiger partial charge in [0.2, 0.25) is 0 Å². The van der Waals surface area contributed by atoms with Crippen LogP contribution in [0, 0.1) is 6.92 Å². The molecule has 0 saturated heterocycles. The molecule has 0 aliphatic carbocycles. The lowest BCUT2D eigenvalue weighted by Gasteiger charge is -2.15. The summed E-state index contributed by atoms with van der Waals surface area (Å²) < 4.78 is 12.6. The summed E-state index contributed by atoms with van der Waals surface area (Å²) >= 11 is 0. The molecule has 0 aromatic heterocycles. The van der Waals surface area contributed by atoms with E-state index in [-0.39, 0.29) is 0 Å². The van der Waals surface area contributed by atoms with E-state index in [1.165, 1.54) is 50.1 Å². The predicted molar refractivity (Wildman–Crippen MR) is 244 cm³/mol. The lowest BCUT2D eigenvalue weighted by atomic mass is 9.90. The second-order valence-electron chi connectivity index (χ2n) is 15.1. The van der Waals surface area contributed by atoms with E-state index in [0.29, 0.717) is 0 Å². The van der Waals surface area contributed by atoms with E-state index >= 15 is 0 Å². The van der Waals surface area contributed by atoms with Crippen molar-refractivity contribution < 1.29 is 9.47 Å². The molecule has 9 aromatic rings. The third-order valence-corrected chi connectivity index (χ3v) is 10.5. The van der Waals surface area contributed by atoms with Crippen LogP contribution >= 0.6 is 0 Å². The van der Waals surface area contributed by atoms with Crippen molar-refractivity contribution in [2.24, 2.45) is 0 Å². The molecule has 0 radical (unpaired) electrons. The van der Waals surface area contributed by atoms with Gasteiger partial charge in [0.1, 0.15) is 23.0 Å². The van der Waals surface area contributed by atoms with Crippen LogP contribution in [-0.4, -0.2) is 0 Å². The van der Waals surface area contributed by atoms with Crippen LogP contribution in [0.25, 0.3) is 44.5 Å². The molecule has 0 N–H and O–H groups in total. The fourth-order valence-electron chi connectivity index (χ4n) is 7.74. The van der Waals surface area contributed by atoms with Crippen LogP contribution in [0.2, 0.25) is 0 Å². The minimum absolute atomic E-state index is 0.748. The van der Waals surface area contributed by atoms with E-state index in [0.717, 1.165) is 58.1 Å². The Morgan fingerprint density at radius 3 is 1.10 bits per heavy atom. The first-order chi connectivity index (χ1) is 29.1. The molecule has 0 aliphatic heterocycles. The molecule has 59 heavy (non-hydrogen) atoms. The van der Waals surface area contributed by atoms with Crippen LogP contribution < -0.4 is 9.47 Å². The van der Waals surface area contributed by atoms with Crippen molar-refractivity contribution in [1.29, 1.82) is 0 Å². The Morgan fingerprint density at radius 1 is 0.254 bits per heavy atom. The second-order valence-corrected chi connectivity index (χ2v) is 15.1. The lowest BCUT2D eigenvalue weighted by Crippen LogP contribution is -1.95. The molecule has 0 atom stereocenters. The molecule has 9 aromatic carbocycles. The smallest absolute Gasteiger partial charge is 0.128 e. The summed E-state index contributed by atoms with van der Waals surface area (Å²) in [5.74, 6) is 3.24. The maximum absolute atomic E-state index is 6.31. The molecule has 9 rings (SSSR count). The number of hydrogen-bond acceptors (Lipinski definition) is 2. The Kier molecular flexibility index (Phi) is 11.0. The SMILES string of the molecule is Cc1cccc(-c2cc(Cc3cc(-c4cccc(Cc5ccccc5)c4)cc(-c4cccc(Oc5ccccc5)c4)c3)cc(-c3cccc(Oc4ccccc4)c3)c2)c1. The van der Waals surface area contributed by atoms with Gasteiger partial charge in [-0.25, -0.2) is 0 Å². The van der Waals surface area contributed by atoms with Crippen LogP contribution in [0.1, 0.15) is 27.8 Å². The summed E-state index contributed by atoms with van der Waals surface area (Å²) in [6.07, 6.45) is 1.63. The Hall–Kier alpha value is -7.42. The first-order valence-corrected chi connectivity index (χ1v) is 20.2. The topological polar surface area (TPSA) is 18.5 Å². The highest BCUT2D eigenvalue weighted by Gasteiger charge is 2.13. The minimum atomic E-state index is 0.748. The first kappa shape index (κ1) is 37.2. The van der Waals surface area contributed by atoms with Gasteiger partial charge in [0, 0.05) is 0 Å². The second kappa shape index (κ2) is 17.4. The van der Waals surface area contributed by atoms with Crippen LogP contribution in [0.3, 0.4) is 0 Å². The van der Waals surface area contributed by atoms with E-state index in [2.05, 4.69) is 159 Å². The van der Waals surface area contributed by atoms with Gasteiger partial charge in [0.05, 0.1) is 0 Å². The highest BCUT2D eigenvalue weighted by atomic mass is 16.5. The summed E-state index contributed by atoms with van der Waals surface area (Å²) in [6, 6.07) is 79.2. The monoisotopic (exact) mass is 760 g/mol. The first-order valence-electron chi connectivity index (χ1n) is 20.2. The van der Waals surface area contributed by atoms with E-state index < -0.39 is 0 Å². The van der Waals surface area contributed by atoms with Gasteiger partial charge in [0.25, 0.3) is 0 Å². The summed E-state index contributed by atoms with van der Waals surface area (Å²) in [4.78, 5) is 0. The highest BCUT2D eigenvalue weighted by molar-refractivity contribution is 5.77. The summed E-state index contributed by atoms with van der Waals surface area (Å²) in [5.41, 5.74) is 15.5. The summed E-state index contributed by atoms with van der Waals surface area (Å²) in [5, 5.41) is 0. The van der Waals surface area contributed by atoms with Crippen molar-refractivity contribution in [2.75, 3.05) is 0 Å². The van der Waals surface area contributed by atoms with Crippen LogP contribution in [-0.2, 0) is 12.8 Å². The molecule has 0 spiro atoms. The molecule has 0 bridgehead atoms. The largest absolute Gasteiger partial charge is 0.457 e. The average molecular weight is 761 g/mol. The maximum Gasteiger partial charge on any atom is 0.128 e. The summed E-state index contributed by atoms with van der Waals surface area (Å²) in [7, 11) is 0. The van der Waals surface area contributed by atoms with Gasteiger partial charge >= 0.3 is 0 Å². The average Bonchev–Trinajstić information content (AvgIpc) is 3.27. The van der Waals surface area contributed by atoms with Crippen molar-refractivity contribution >= 4 is 0 Å². The maximum atomic E-state index is 6.31. The number of aryl methyl sites for hydroxylation is 1. The molecule has 2 nitrogen and oxygen atoms in total. The normalized spacial score (nSPS) is 10.9. The van der Waals surface area contributed by atoms with E-state index in [4.69, 9.17) is 9.47 Å². The minimum Gasteiger partial charge on any atom is -0.457 e. The lowest BCUT2D eigenvalue weighted by molar-refractivity contribution is 0.482. The summed E-state index contributed by atoms with van der Waals surface area (Å²) in [6.45, 7) is 2.15. The molecular weight excluding hydrogens is 717 g/mol. The van der Waals surface area contributed by atoms with E-state index in [1.54, 1.807) is 0 Å². The van der Waals surface area contributed by atoms with Crippen LogP contribution in [0.15, 0.2) is 224 Å². The third-order valence-electron chi connectivity index (χ3n) is 10.5. The van der Waals surface area contributed by atoms with Crippen molar-refractivity contribution in [3.63, 3.8) is 0 Å². The fourth-order valence-corrected chi connectivity index (χ4v) is 7.74. The molecule has 0 unspecified atom stereocenters. The van der Waals surface area contributed by atoms with Gasteiger partial charge in [0.15, 0.2) is 0 Å². The van der Waals surface area contributed by atoms with Crippen LogP contribution in [0.4, 0.5) is 0 Å². The Morgan fingerprint density at radius 2 is 0.610 bits per heavy atom. The Bertz CT molecular complexity index is 2720. The predicted octanol–water partition coefficient (Wildman–Crippen LogP) is 15.4. The van der Waals surface area contributed by atoms with Gasteiger partial charge in [-0.15, -0.1) is 0 Å². The van der Waals surface area contributed by atoms with Gasteiger partial charge in [-0.1, -0.05) is 169 Å². The van der Waals surface area contributed by atoms with Gasteiger partial charge in [-0.05, 0) is 147 Å². The third kappa shape index (κ3) is 9.42. The molecule has 2 heteroatoms. The van der Waals surface area contributed by atoms with E-state index in [1.807, 2.05) is 72.8 Å². The van der Waals surface area contributed by atoms with Crippen molar-refractivity contribution in [3.8, 4) is 67.5 Å². The molecule has 0 heterocycles. The number of ether oxygens (including phenoxy) is 2. The zero-order valence-corrected chi connectivity index (χ0v) is 33.1. The zero-order chi connectivity index (χ0) is 39.8. The van der Waals surface area contributed by atoms with Crippen LogP contribution in [0.5, 0.6) is 23.0 Å². The van der Waals surface area contributed by atoms with Crippen molar-refractivity contribution in [2.45, 2.75) is 19.8 Å².